The zero-order valence-corrected chi connectivity index (χ0v) is 12.9. The van der Waals surface area contributed by atoms with Crippen LogP contribution in [0.15, 0.2) is 12.7 Å². The summed E-state index contributed by atoms with van der Waals surface area (Å²) in [5.74, 6) is -2.37. The van der Waals surface area contributed by atoms with Gasteiger partial charge in [-0.2, -0.15) is 0 Å². The number of rotatable bonds is 7. The number of nitrogens with zero attached hydrogens (tertiary/aromatic N) is 3. The Morgan fingerprint density at radius 2 is 1.83 bits per heavy atom. The van der Waals surface area contributed by atoms with Crippen LogP contribution in [0.1, 0.15) is 0 Å². The molecular formula is C14H21N5O4. The molecule has 0 unspecified atom stereocenters. The van der Waals surface area contributed by atoms with Gasteiger partial charge >= 0.3 is 17.8 Å². The second-order valence-electron chi connectivity index (χ2n) is 5.32. The summed E-state index contributed by atoms with van der Waals surface area (Å²) < 4.78 is 0. The molecule has 9 nitrogen and oxygen atoms in total. The highest BCUT2D eigenvalue weighted by molar-refractivity contribution is 6.45. The van der Waals surface area contributed by atoms with Crippen molar-refractivity contribution >= 4 is 23.8 Å². The third-order valence-corrected chi connectivity index (χ3v) is 3.71. The number of piperazine rings is 1. The zero-order valence-electron chi connectivity index (χ0n) is 12.9. The van der Waals surface area contributed by atoms with Crippen molar-refractivity contribution in [1.29, 1.82) is 0 Å². The quantitative estimate of drug-likeness (QED) is 0.319. The van der Waals surface area contributed by atoms with Gasteiger partial charge in [-0.3, -0.25) is 24.2 Å². The first-order valence-corrected chi connectivity index (χ1v) is 7.52. The molecule has 0 aromatic heterocycles. The van der Waals surface area contributed by atoms with Crippen LogP contribution in [0.5, 0.6) is 0 Å². The Balaban J connectivity index is 1.78. The van der Waals surface area contributed by atoms with E-state index < -0.39 is 30.3 Å². The van der Waals surface area contributed by atoms with E-state index in [1.165, 1.54) is 6.08 Å². The number of carbonyl (C=O) groups is 4. The van der Waals surface area contributed by atoms with Crippen LogP contribution in [-0.2, 0) is 14.4 Å². The smallest absolute Gasteiger partial charge is 0.335 e. The van der Waals surface area contributed by atoms with Crippen molar-refractivity contribution in [1.82, 2.24) is 25.3 Å². The molecule has 2 heterocycles. The molecule has 0 bridgehead atoms. The van der Waals surface area contributed by atoms with Gasteiger partial charge in [0.2, 0.25) is 5.91 Å². The second-order valence-corrected chi connectivity index (χ2v) is 5.32. The third kappa shape index (κ3) is 4.14. The Hall–Kier alpha value is -2.26. The van der Waals surface area contributed by atoms with Gasteiger partial charge in [0.25, 0.3) is 0 Å². The number of amides is 5. The molecule has 9 heteroatoms. The van der Waals surface area contributed by atoms with Gasteiger partial charge in [-0.05, 0) is 0 Å². The molecule has 2 saturated heterocycles. The largest absolute Gasteiger partial charge is 0.353 e. The van der Waals surface area contributed by atoms with Crippen molar-refractivity contribution < 1.29 is 19.2 Å². The summed E-state index contributed by atoms with van der Waals surface area (Å²) in [5, 5.41) is 5.90. The van der Waals surface area contributed by atoms with Crippen LogP contribution in [0.3, 0.4) is 0 Å². The van der Waals surface area contributed by atoms with Crippen LogP contribution >= 0.6 is 0 Å². The molecule has 2 rings (SSSR count). The van der Waals surface area contributed by atoms with E-state index >= 15 is 0 Å². The fourth-order valence-electron chi connectivity index (χ4n) is 2.47. The Morgan fingerprint density at radius 3 is 2.48 bits per heavy atom. The molecule has 2 aliphatic rings. The van der Waals surface area contributed by atoms with E-state index in [0.29, 0.717) is 18.0 Å². The summed E-state index contributed by atoms with van der Waals surface area (Å²) in [6.45, 7) is 7.75. The maximum atomic E-state index is 11.9. The van der Waals surface area contributed by atoms with Gasteiger partial charge in [0, 0.05) is 45.8 Å². The third-order valence-electron chi connectivity index (χ3n) is 3.71. The monoisotopic (exact) mass is 323 g/mol. The topological polar surface area (TPSA) is 102 Å². The Labute approximate surface area is 134 Å². The molecule has 0 aromatic rings. The van der Waals surface area contributed by atoms with E-state index in [0.717, 1.165) is 31.1 Å². The number of nitrogens with one attached hydrogen (secondary N) is 2. The molecule has 5 amide bonds. The van der Waals surface area contributed by atoms with Gasteiger partial charge in [0.1, 0.15) is 6.54 Å². The minimum Gasteiger partial charge on any atom is -0.353 e. The van der Waals surface area contributed by atoms with Crippen LogP contribution in [-0.4, -0.2) is 90.8 Å². The first kappa shape index (κ1) is 17.1. The summed E-state index contributed by atoms with van der Waals surface area (Å²) in [7, 11) is 0. The van der Waals surface area contributed by atoms with Gasteiger partial charge < -0.3 is 10.6 Å². The lowest BCUT2D eigenvalue weighted by Gasteiger charge is -2.27. The van der Waals surface area contributed by atoms with Crippen molar-refractivity contribution in [2.24, 2.45) is 0 Å². The Morgan fingerprint density at radius 1 is 1.17 bits per heavy atom. The maximum Gasteiger partial charge on any atom is 0.335 e. The summed E-state index contributed by atoms with van der Waals surface area (Å²) in [4.78, 5) is 50.8. The van der Waals surface area contributed by atoms with Gasteiger partial charge in [-0.25, -0.2) is 9.69 Å². The molecule has 0 atom stereocenters. The molecule has 0 saturated carbocycles. The summed E-state index contributed by atoms with van der Waals surface area (Å²) in [6.07, 6.45) is 1.35. The lowest BCUT2D eigenvalue weighted by molar-refractivity contribution is -0.143. The lowest BCUT2D eigenvalue weighted by atomic mass is 10.3. The predicted octanol–water partition coefficient (Wildman–Crippen LogP) is -2.02. The van der Waals surface area contributed by atoms with Crippen molar-refractivity contribution in [2.45, 2.75) is 0 Å². The SMILES string of the molecule is C=CCN1C(=O)C(=O)N(CC(=O)NCCN2CCNCC2)C1=O. The minimum atomic E-state index is -0.978. The molecule has 0 radical (unpaired) electrons. The Bertz CT molecular complexity index is 515. The average molecular weight is 323 g/mol. The summed E-state index contributed by atoms with van der Waals surface area (Å²) >= 11 is 0. The number of imide groups is 2. The molecule has 0 spiro atoms. The van der Waals surface area contributed by atoms with Crippen LogP contribution < -0.4 is 10.6 Å². The van der Waals surface area contributed by atoms with Crippen LogP contribution in [0.4, 0.5) is 4.79 Å². The normalized spacial score (nSPS) is 19.4. The van der Waals surface area contributed by atoms with E-state index in [2.05, 4.69) is 22.1 Å². The number of hydrogen-bond donors (Lipinski definition) is 2. The highest BCUT2D eigenvalue weighted by atomic mass is 16.2. The van der Waals surface area contributed by atoms with Crippen LogP contribution in [0.25, 0.3) is 0 Å². The van der Waals surface area contributed by atoms with Crippen molar-refractivity contribution in [3.8, 4) is 0 Å². The molecule has 2 N–H and O–H groups in total. The molecule has 2 aliphatic heterocycles. The number of urea groups is 1. The average Bonchev–Trinajstić information content (AvgIpc) is 2.74. The molecule has 2 fully saturated rings. The van der Waals surface area contributed by atoms with E-state index in [-0.39, 0.29) is 6.54 Å². The predicted molar refractivity (Wildman–Crippen MR) is 81.3 cm³/mol. The molecule has 23 heavy (non-hydrogen) atoms. The maximum absolute atomic E-state index is 11.9. The summed E-state index contributed by atoms with van der Waals surface area (Å²) in [6, 6.07) is -0.780. The van der Waals surface area contributed by atoms with Crippen LogP contribution in [0, 0.1) is 0 Å². The highest BCUT2D eigenvalue weighted by Crippen LogP contribution is 2.11. The fourth-order valence-corrected chi connectivity index (χ4v) is 2.47. The Kier molecular flexibility index (Phi) is 5.83. The van der Waals surface area contributed by atoms with Crippen LogP contribution in [0.2, 0.25) is 0 Å². The standard InChI is InChI=1S/C14H21N5O4/c1-2-6-18-12(21)13(22)19(14(18)23)10-11(20)16-5-9-17-7-3-15-4-8-17/h2,15H,1,3-10H2,(H,16,20). The summed E-state index contributed by atoms with van der Waals surface area (Å²) in [5.41, 5.74) is 0. The van der Waals surface area contributed by atoms with Gasteiger partial charge in [0.15, 0.2) is 0 Å². The van der Waals surface area contributed by atoms with E-state index in [1.807, 2.05) is 0 Å². The van der Waals surface area contributed by atoms with Gasteiger partial charge in [-0.1, -0.05) is 6.08 Å². The van der Waals surface area contributed by atoms with E-state index in [1.54, 1.807) is 0 Å². The van der Waals surface area contributed by atoms with Crippen molar-refractivity contribution in [2.75, 3.05) is 52.4 Å². The first-order valence-electron chi connectivity index (χ1n) is 7.52. The first-order chi connectivity index (χ1) is 11.0. The highest BCUT2D eigenvalue weighted by Gasteiger charge is 2.44. The van der Waals surface area contributed by atoms with Gasteiger partial charge in [-0.15, -0.1) is 6.58 Å². The molecule has 0 aliphatic carbocycles. The van der Waals surface area contributed by atoms with Gasteiger partial charge in [0.05, 0.1) is 0 Å². The number of hydrogen-bond acceptors (Lipinski definition) is 6. The zero-order chi connectivity index (χ0) is 16.8. The number of carbonyl (C=O) groups excluding carboxylic acids is 4. The second kappa shape index (κ2) is 7.84. The van der Waals surface area contributed by atoms with Crippen molar-refractivity contribution in [3.05, 3.63) is 12.7 Å². The fraction of sp³-hybridized carbons (Fsp3) is 0.571. The van der Waals surface area contributed by atoms with Crippen molar-refractivity contribution in [3.63, 3.8) is 0 Å². The van der Waals surface area contributed by atoms with E-state index in [9.17, 15) is 19.2 Å². The molecular weight excluding hydrogens is 302 g/mol. The lowest BCUT2D eigenvalue weighted by Crippen LogP contribution is -2.47. The molecule has 0 aromatic carbocycles. The molecule has 126 valence electrons. The minimum absolute atomic E-state index is 0.0511. The van der Waals surface area contributed by atoms with E-state index in [4.69, 9.17) is 0 Å².